The second-order valence-electron chi connectivity index (χ2n) is 8.09. The van der Waals surface area contributed by atoms with E-state index in [0.717, 1.165) is 23.7 Å². The minimum absolute atomic E-state index is 0.172. The maximum atomic E-state index is 13.5. The Morgan fingerprint density at radius 2 is 1.77 bits per heavy atom. The molecule has 0 amide bonds. The summed E-state index contributed by atoms with van der Waals surface area (Å²) >= 11 is 0. The van der Waals surface area contributed by atoms with E-state index in [1.165, 1.54) is 5.56 Å². The zero-order chi connectivity index (χ0) is 22.3. The lowest BCUT2D eigenvalue weighted by Crippen LogP contribution is -2.46. The van der Waals surface area contributed by atoms with Crippen molar-refractivity contribution >= 4 is 20.8 Å². The van der Waals surface area contributed by atoms with Crippen molar-refractivity contribution in [3.05, 3.63) is 72.6 Å². The van der Waals surface area contributed by atoms with Gasteiger partial charge in [-0.05, 0) is 63.1 Å². The van der Waals surface area contributed by atoms with Gasteiger partial charge in [0, 0.05) is 43.5 Å². The number of hydrogen-bond donors (Lipinski definition) is 1. The van der Waals surface area contributed by atoms with Crippen molar-refractivity contribution in [2.45, 2.75) is 24.3 Å². The molecule has 7 heteroatoms. The van der Waals surface area contributed by atoms with Crippen LogP contribution in [-0.4, -0.2) is 68.9 Å². The van der Waals surface area contributed by atoms with Gasteiger partial charge < -0.3 is 10.2 Å². The molecule has 0 aliphatic carbocycles. The van der Waals surface area contributed by atoms with Crippen LogP contribution in [0.25, 0.3) is 10.8 Å². The Kier molecular flexibility index (Phi) is 8.15. The molecule has 166 valence electrons. The number of pyridine rings is 1. The van der Waals surface area contributed by atoms with Crippen molar-refractivity contribution in [1.29, 1.82) is 0 Å². The maximum Gasteiger partial charge on any atom is 0.243 e. The summed E-state index contributed by atoms with van der Waals surface area (Å²) in [6, 6.07) is 17.2. The Morgan fingerprint density at radius 3 is 2.52 bits per heavy atom. The van der Waals surface area contributed by atoms with Gasteiger partial charge in [0.25, 0.3) is 0 Å². The molecule has 3 rings (SSSR count). The Labute approximate surface area is 186 Å². The molecule has 2 aromatic carbocycles. The lowest BCUT2D eigenvalue weighted by molar-refractivity contribution is 0.285. The van der Waals surface area contributed by atoms with Gasteiger partial charge in [-0.15, -0.1) is 0 Å². The molecule has 0 fully saturated rings. The van der Waals surface area contributed by atoms with Crippen molar-refractivity contribution in [2.75, 3.05) is 40.3 Å². The van der Waals surface area contributed by atoms with Gasteiger partial charge in [-0.3, -0.25) is 4.98 Å². The molecular weight excluding hydrogens is 408 g/mol. The lowest BCUT2D eigenvalue weighted by Gasteiger charge is -2.30. The highest BCUT2D eigenvalue weighted by Crippen LogP contribution is 2.22. The van der Waals surface area contributed by atoms with Crippen molar-refractivity contribution in [1.82, 2.24) is 19.5 Å². The fourth-order valence-electron chi connectivity index (χ4n) is 3.52. The van der Waals surface area contributed by atoms with Crippen LogP contribution in [0.4, 0.5) is 0 Å². The summed E-state index contributed by atoms with van der Waals surface area (Å²) in [6.07, 6.45) is 4.34. The predicted molar refractivity (Wildman–Crippen MR) is 127 cm³/mol. The molecule has 0 aliphatic rings. The molecule has 0 radical (unpaired) electrons. The number of aromatic nitrogens is 1. The molecule has 1 N–H and O–H groups in total. The van der Waals surface area contributed by atoms with Crippen LogP contribution in [0.1, 0.15) is 12.5 Å². The summed E-state index contributed by atoms with van der Waals surface area (Å²) in [6.45, 7) is 4.46. The summed E-state index contributed by atoms with van der Waals surface area (Å²) in [7, 11) is 0.279. The smallest absolute Gasteiger partial charge is 0.243 e. The largest absolute Gasteiger partial charge is 0.315 e. The van der Waals surface area contributed by atoms with Gasteiger partial charge >= 0.3 is 0 Å². The second-order valence-corrected chi connectivity index (χ2v) is 9.98. The first-order valence-corrected chi connectivity index (χ1v) is 12.1. The monoisotopic (exact) mass is 440 g/mol. The number of benzene rings is 2. The number of fused-ring (bicyclic) bond motifs is 1. The standard InChI is InChI=1S/C24H32N4O2S/c1-20(18-25-13-11-21-7-5-4-6-8-21)28(16-15-27(2)3)31(29,30)24-10-9-23-19-26-14-12-22(23)17-24/h4-10,12,14,17,19-20,25H,11,13,15-16,18H2,1-3H3. The van der Waals surface area contributed by atoms with Gasteiger partial charge in [-0.1, -0.05) is 36.4 Å². The third-order valence-corrected chi connectivity index (χ3v) is 7.36. The zero-order valence-corrected chi connectivity index (χ0v) is 19.3. The highest BCUT2D eigenvalue weighted by Gasteiger charge is 2.29. The Morgan fingerprint density at radius 1 is 1.00 bits per heavy atom. The van der Waals surface area contributed by atoms with Crippen LogP contribution >= 0.6 is 0 Å². The van der Waals surface area contributed by atoms with Gasteiger partial charge in [0.15, 0.2) is 0 Å². The summed E-state index contributed by atoms with van der Waals surface area (Å²) in [5, 5.41) is 5.23. The average Bonchev–Trinajstić information content (AvgIpc) is 2.77. The first-order chi connectivity index (χ1) is 14.9. The van der Waals surface area contributed by atoms with E-state index in [1.807, 2.05) is 56.3 Å². The highest BCUT2D eigenvalue weighted by molar-refractivity contribution is 7.89. The number of rotatable bonds is 11. The van der Waals surface area contributed by atoms with Crippen molar-refractivity contribution < 1.29 is 8.42 Å². The van der Waals surface area contributed by atoms with Crippen LogP contribution in [0.5, 0.6) is 0 Å². The second kappa shape index (κ2) is 10.8. The van der Waals surface area contributed by atoms with Gasteiger partial charge in [-0.2, -0.15) is 4.31 Å². The minimum atomic E-state index is -3.63. The fraction of sp³-hybridized carbons (Fsp3) is 0.375. The molecule has 1 atom stereocenters. The van der Waals surface area contributed by atoms with E-state index < -0.39 is 10.0 Å². The van der Waals surface area contributed by atoms with Gasteiger partial charge in [0.05, 0.1) is 4.90 Å². The molecule has 1 heterocycles. The number of likely N-dealkylation sites (N-methyl/N-ethyl adjacent to an activating group) is 1. The zero-order valence-electron chi connectivity index (χ0n) is 18.5. The van der Waals surface area contributed by atoms with Crippen LogP contribution in [0.2, 0.25) is 0 Å². The molecule has 6 nitrogen and oxygen atoms in total. The molecular formula is C24H32N4O2S. The number of sulfonamides is 1. The molecule has 1 unspecified atom stereocenters. The van der Waals surface area contributed by atoms with Crippen LogP contribution < -0.4 is 5.32 Å². The van der Waals surface area contributed by atoms with Crippen LogP contribution in [-0.2, 0) is 16.4 Å². The molecule has 0 spiro atoms. The normalized spacial score (nSPS) is 13.2. The maximum absolute atomic E-state index is 13.5. The highest BCUT2D eigenvalue weighted by atomic mass is 32.2. The van der Waals surface area contributed by atoms with Crippen molar-refractivity contribution in [3.8, 4) is 0 Å². The van der Waals surface area contributed by atoms with E-state index in [4.69, 9.17) is 0 Å². The van der Waals surface area contributed by atoms with E-state index in [0.29, 0.717) is 24.5 Å². The average molecular weight is 441 g/mol. The van der Waals surface area contributed by atoms with E-state index in [2.05, 4.69) is 22.4 Å². The molecule has 3 aromatic rings. The third-order valence-electron chi connectivity index (χ3n) is 5.35. The Hall–Kier alpha value is -2.32. The summed E-state index contributed by atoms with van der Waals surface area (Å²) in [5.41, 5.74) is 1.27. The molecule has 0 saturated heterocycles. The Balaban J connectivity index is 1.72. The quantitative estimate of drug-likeness (QED) is 0.465. The minimum Gasteiger partial charge on any atom is -0.315 e. The van der Waals surface area contributed by atoms with Crippen molar-refractivity contribution in [3.63, 3.8) is 0 Å². The number of nitrogens with zero attached hydrogens (tertiary/aromatic N) is 3. The molecule has 0 saturated carbocycles. The molecule has 0 bridgehead atoms. The predicted octanol–water partition coefficient (Wildman–Crippen LogP) is 3.01. The molecule has 31 heavy (non-hydrogen) atoms. The topological polar surface area (TPSA) is 65.5 Å². The van der Waals surface area contributed by atoms with E-state index in [1.54, 1.807) is 28.8 Å². The summed E-state index contributed by atoms with van der Waals surface area (Å²) in [5.74, 6) is 0. The molecule has 0 aliphatic heterocycles. The van der Waals surface area contributed by atoms with Gasteiger partial charge in [0.2, 0.25) is 10.0 Å². The fourth-order valence-corrected chi connectivity index (χ4v) is 5.18. The lowest BCUT2D eigenvalue weighted by atomic mass is 10.1. The van der Waals surface area contributed by atoms with E-state index >= 15 is 0 Å². The van der Waals surface area contributed by atoms with E-state index in [-0.39, 0.29) is 6.04 Å². The van der Waals surface area contributed by atoms with Gasteiger partial charge in [0.1, 0.15) is 0 Å². The van der Waals surface area contributed by atoms with Gasteiger partial charge in [-0.25, -0.2) is 8.42 Å². The number of hydrogen-bond acceptors (Lipinski definition) is 5. The molecule has 1 aromatic heterocycles. The van der Waals surface area contributed by atoms with Crippen LogP contribution in [0.15, 0.2) is 71.9 Å². The summed E-state index contributed by atoms with van der Waals surface area (Å²) in [4.78, 5) is 6.43. The van der Waals surface area contributed by atoms with Crippen LogP contribution in [0.3, 0.4) is 0 Å². The number of nitrogens with one attached hydrogen (secondary N) is 1. The summed E-state index contributed by atoms with van der Waals surface area (Å²) < 4.78 is 28.7. The Bertz CT molecular complexity index is 1070. The first kappa shape index (κ1) is 23.3. The van der Waals surface area contributed by atoms with E-state index in [9.17, 15) is 8.42 Å². The van der Waals surface area contributed by atoms with Crippen LogP contribution in [0, 0.1) is 0 Å². The third kappa shape index (κ3) is 6.33. The van der Waals surface area contributed by atoms with Crippen molar-refractivity contribution in [2.24, 2.45) is 0 Å². The SMILES string of the molecule is CC(CNCCc1ccccc1)N(CCN(C)C)S(=O)(=O)c1ccc2cnccc2c1. The first-order valence-electron chi connectivity index (χ1n) is 10.6.